The van der Waals surface area contributed by atoms with Crippen molar-refractivity contribution in [3.05, 3.63) is 70.3 Å². The Morgan fingerprint density at radius 2 is 1.67 bits per heavy atom. The summed E-state index contributed by atoms with van der Waals surface area (Å²) in [6, 6.07) is 7.78. The van der Waals surface area contributed by atoms with Gasteiger partial charge in [-0.1, -0.05) is 97.4 Å². The SMILES string of the molecule is CC(C)[C@@H](C)C=C[C@@H](C)[C@H]1CC=C2C3=C(CC[C@@]21C)[C@@]1(C)CC[C@H](c2ccccc2C(=O)O)C(C)(C)[C@@H]1CC3. The van der Waals surface area contributed by atoms with Crippen molar-refractivity contribution in [3.63, 3.8) is 0 Å². The predicted octanol–water partition coefficient (Wildman–Crippen LogP) is 10.2. The third-order valence-electron chi connectivity index (χ3n) is 12.5. The number of rotatable bonds is 6. The van der Waals surface area contributed by atoms with Crippen molar-refractivity contribution < 1.29 is 9.90 Å². The van der Waals surface area contributed by atoms with Gasteiger partial charge in [-0.25, -0.2) is 4.79 Å². The van der Waals surface area contributed by atoms with E-state index in [0.29, 0.717) is 40.6 Å². The summed E-state index contributed by atoms with van der Waals surface area (Å²) >= 11 is 0. The van der Waals surface area contributed by atoms with Crippen molar-refractivity contribution >= 4 is 5.97 Å². The van der Waals surface area contributed by atoms with E-state index in [1.54, 1.807) is 22.8 Å². The molecule has 39 heavy (non-hydrogen) atoms. The average molecular weight is 529 g/mol. The maximum Gasteiger partial charge on any atom is 0.335 e. The normalized spacial score (nSPS) is 35.3. The fourth-order valence-corrected chi connectivity index (χ4v) is 9.79. The molecule has 0 heterocycles. The smallest absolute Gasteiger partial charge is 0.335 e. The minimum Gasteiger partial charge on any atom is -0.478 e. The number of aromatic carboxylic acids is 1. The third kappa shape index (κ3) is 4.49. The molecule has 2 nitrogen and oxygen atoms in total. The number of carbonyl (C=O) groups is 1. The first-order chi connectivity index (χ1) is 18.3. The van der Waals surface area contributed by atoms with Crippen LogP contribution in [0.4, 0.5) is 0 Å². The lowest BCUT2D eigenvalue weighted by molar-refractivity contribution is -0.0124. The van der Waals surface area contributed by atoms with Crippen LogP contribution in [-0.2, 0) is 0 Å². The van der Waals surface area contributed by atoms with Gasteiger partial charge in [0.05, 0.1) is 5.56 Å². The zero-order chi connectivity index (χ0) is 28.3. The molecule has 1 fully saturated rings. The Kier molecular flexibility index (Phi) is 7.35. The van der Waals surface area contributed by atoms with Gasteiger partial charge >= 0.3 is 5.97 Å². The highest BCUT2D eigenvalue weighted by molar-refractivity contribution is 5.89. The molecule has 0 bridgehead atoms. The molecule has 0 saturated heterocycles. The second-order valence-electron chi connectivity index (χ2n) is 15.0. The Hall–Kier alpha value is -2.09. The van der Waals surface area contributed by atoms with Gasteiger partial charge in [0.1, 0.15) is 0 Å². The van der Waals surface area contributed by atoms with Crippen molar-refractivity contribution in [2.24, 2.45) is 45.8 Å². The number of fused-ring (bicyclic) bond motifs is 4. The molecule has 1 saturated carbocycles. The first-order valence-corrected chi connectivity index (χ1v) is 15.8. The summed E-state index contributed by atoms with van der Waals surface area (Å²) in [4.78, 5) is 12.1. The van der Waals surface area contributed by atoms with Gasteiger partial charge in [-0.3, -0.25) is 0 Å². The molecule has 7 atom stereocenters. The van der Waals surface area contributed by atoms with Crippen LogP contribution in [-0.4, -0.2) is 11.1 Å². The molecule has 1 aromatic rings. The maximum absolute atomic E-state index is 12.1. The van der Waals surface area contributed by atoms with Crippen LogP contribution in [0, 0.1) is 45.8 Å². The van der Waals surface area contributed by atoms with Gasteiger partial charge in [-0.2, -0.15) is 0 Å². The van der Waals surface area contributed by atoms with Crippen LogP contribution in [0.2, 0.25) is 0 Å². The summed E-state index contributed by atoms with van der Waals surface area (Å²) in [5.74, 6) is 2.69. The van der Waals surface area contributed by atoms with E-state index >= 15 is 0 Å². The van der Waals surface area contributed by atoms with E-state index in [1.165, 1.54) is 32.1 Å². The molecule has 0 aliphatic heterocycles. The molecular formula is C37H52O2. The van der Waals surface area contributed by atoms with E-state index in [-0.39, 0.29) is 16.7 Å². The van der Waals surface area contributed by atoms with Crippen LogP contribution in [0.3, 0.4) is 0 Å². The molecule has 212 valence electrons. The maximum atomic E-state index is 12.1. The molecular weight excluding hydrogens is 476 g/mol. The lowest BCUT2D eigenvalue weighted by Crippen LogP contribution is -2.50. The van der Waals surface area contributed by atoms with Gasteiger partial charge in [0.25, 0.3) is 0 Å². The zero-order valence-corrected chi connectivity index (χ0v) is 25.8. The van der Waals surface area contributed by atoms with Crippen LogP contribution >= 0.6 is 0 Å². The van der Waals surface area contributed by atoms with Crippen LogP contribution in [0.1, 0.15) is 122 Å². The molecule has 1 N–H and O–H groups in total. The fourth-order valence-electron chi connectivity index (χ4n) is 9.79. The Morgan fingerprint density at radius 1 is 0.949 bits per heavy atom. The average Bonchev–Trinajstić information content (AvgIpc) is 3.24. The molecule has 0 amide bonds. The van der Waals surface area contributed by atoms with E-state index < -0.39 is 5.97 Å². The fraction of sp³-hybridized carbons (Fsp3) is 0.649. The number of allylic oxidation sites excluding steroid dienone is 6. The van der Waals surface area contributed by atoms with E-state index in [2.05, 4.69) is 79.7 Å². The number of carboxylic acids is 1. The van der Waals surface area contributed by atoms with E-state index in [4.69, 9.17) is 0 Å². The summed E-state index contributed by atoms with van der Waals surface area (Å²) in [7, 11) is 0. The van der Waals surface area contributed by atoms with Crippen molar-refractivity contribution in [2.75, 3.05) is 0 Å². The highest BCUT2D eigenvalue weighted by Gasteiger charge is 2.57. The molecule has 1 aromatic carbocycles. The molecule has 5 rings (SSSR count). The summed E-state index contributed by atoms with van der Waals surface area (Å²) < 4.78 is 0. The van der Waals surface area contributed by atoms with Gasteiger partial charge in [-0.05, 0) is 119 Å². The van der Waals surface area contributed by atoms with Crippen molar-refractivity contribution in [1.29, 1.82) is 0 Å². The summed E-state index contributed by atoms with van der Waals surface area (Å²) in [5, 5.41) is 9.94. The molecule has 0 radical (unpaired) electrons. The van der Waals surface area contributed by atoms with Crippen molar-refractivity contribution in [2.45, 2.75) is 106 Å². The largest absolute Gasteiger partial charge is 0.478 e. The molecule has 0 unspecified atom stereocenters. The standard InChI is InChI=1S/C37H52O2/c1-23(2)24(3)13-14-25(4)29-16-17-31-28-15-18-33-35(5,6)30(26-11-9-10-12-27(26)34(38)39)19-22-37(33,8)32(28)20-21-36(29,31)7/h9-14,17,23-25,29-30,33H,15-16,18-22H2,1-8H3,(H,38,39)/t24-,25+,29+,30+,33-,36+,37+/m0/s1. The van der Waals surface area contributed by atoms with E-state index in [1.807, 2.05) is 12.1 Å². The first kappa shape index (κ1) is 28.4. The van der Waals surface area contributed by atoms with Gasteiger partial charge in [0.2, 0.25) is 0 Å². The van der Waals surface area contributed by atoms with Crippen molar-refractivity contribution in [1.82, 2.24) is 0 Å². The molecule has 0 aromatic heterocycles. The molecule has 4 aliphatic rings. The van der Waals surface area contributed by atoms with Gasteiger partial charge in [-0.15, -0.1) is 0 Å². The highest BCUT2D eigenvalue weighted by atomic mass is 16.4. The first-order valence-electron chi connectivity index (χ1n) is 15.8. The van der Waals surface area contributed by atoms with Crippen LogP contribution < -0.4 is 0 Å². The monoisotopic (exact) mass is 528 g/mol. The highest BCUT2D eigenvalue weighted by Crippen LogP contribution is 2.68. The van der Waals surface area contributed by atoms with E-state index in [0.717, 1.165) is 18.4 Å². The van der Waals surface area contributed by atoms with Crippen molar-refractivity contribution in [3.8, 4) is 0 Å². The lowest BCUT2D eigenvalue weighted by atomic mass is 9.44. The summed E-state index contributed by atoms with van der Waals surface area (Å²) in [5.41, 5.74) is 7.28. The molecule has 0 spiro atoms. The topological polar surface area (TPSA) is 37.3 Å². The second-order valence-corrected chi connectivity index (χ2v) is 15.0. The lowest BCUT2D eigenvalue weighted by Gasteiger charge is -2.60. The van der Waals surface area contributed by atoms with Crippen LogP contribution in [0.25, 0.3) is 0 Å². The molecule has 4 aliphatic carbocycles. The predicted molar refractivity (Wildman–Crippen MR) is 163 cm³/mol. The van der Waals surface area contributed by atoms with Crippen LogP contribution in [0.15, 0.2) is 59.2 Å². The minimum absolute atomic E-state index is 0.0524. The minimum atomic E-state index is -0.791. The Balaban J connectivity index is 1.43. The van der Waals surface area contributed by atoms with Gasteiger partial charge < -0.3 is 5.11 Å². The summed E-state index contributed by atoms with van der Waals surface area (Å²) in [6.45, 7) is 19.5. The number of carboxylic acid groups (broad SMARTS) is 1. The quantitative estimate of drug-likeness (QED) is 0.373. The number of hydrogen-bond acceptors (Lipinski definition) is 1. The van der Waals surface area contributed by atoms with Gasteiger partial charge in [0.15, 0.2) is 0 Å². The van der Waals surface area contributed by atoms with E-state index in [9.17, 15) is 9.90 Å². The Morgan fingerprint density at radius 3 is 2.36 bits per heavy atom. The Labute approximate surface area is 238 Å². The number of hydrogen-bond donors (Lipinski definition) is 1. The second kappa shape index (κ2) is 10.1. The zero-order valence-electron chi connectivity index (χ0n) is 25.8. The molecule has 2 heteroatoms. The number of benzene rings is 1. The van der Waals surface area contributed by atoms with Crippen LogP contribution in [0.5, 0.6) is 0 Å². The summed E-state index contributed by atoms with van der Waals surface area (Å²) in [6.07, 6.45) is 16.0. The Bertz CT molecular complexity index is 1210. The third-order valence-corrected chi connectivity index (χ3v) is 12.5. The van der Waals surface area contributed by atoms with Gasteiger partial charge in [0, 0.05) is 0 Å².